The lowest BCUT2D eigenvalue weighted by Crippen LogP contribution is -2.50. The molecule has 6 heteroatoms. The fraction of sp³-hybridized carbons (Fsp3) is 0.667. The Hall–Kier alpha value is -1.63. The van der Waals surface area contributed by atoms with E-state index in [2.05, 4.69) is 45.4 Å². The zero-order chi connectivity index (χ0) is 18.6. The van der Waals surface area contributed by atoms with Crippen LogP contribution in [0.3, 0.4) is 0 Å². The number of aliphatic hydroxyl groups excluding tert-OH is 1. The number of aliphatic hydroxyl groups is 1. The van der Waals surface area contributed by atoms with Gasteiger partial charge in [-0.2, -0.15) is 0 Å². The molecule has 148 valence electrons. The Morgan fingerprint density at radius 1 is 1.07 bits per heavy atom. The molecule has 2 N–H and O–H groups in total. The van der Waals surface area contributed by atoms with E-state index in [1.54, 1.807) is 0 Å². The van der Waals surface area contributed by atoms with E-state index < -0.39 is 12.2 Å². The highest BCUT2D eigenvalue weighted by atomic mass is 16.5. The monoisotopic (exact) mass is 373 g/mol. The first-order chi connectivity index (χ1) is 13.2. The van der Waals surface area contributed by atoms with Gasteiger partial charge in [-0.1, -0.05) is 18.2 Å². The van der Waals surface area contributed by atoms with Crippen LogP contribution in [-0.2, 0) is 9.53 Å². The van der Waals surface area contributed by atoms with Gasteiger partial charge >= 0.3 is 0 Å². The van der Waals surface area contributed by atoms with Crippen molar-refractivity contribution in [2.24, 2.45) is 0 Å². The predicted molar refractivity (Wildman–Crippen MR) is 105 cm³/mol. The average molecular weight is 373 g/mol. The molecule has 2 aliphatic heterocycles. The minimum absolute atomic E-state index is 0.0653. The Morgan fingerprint density at radius 2 is 1.81 bits per heavy atom. The van der Waals surface area contributed by atoms with Crippen LogP contribution < -0.4 is 10.2 Å². The van der Waals surface area contributed by atoms with Crippen LogP contribution in [0, 0.1) is 0 Å². The molecular weight excluding hydrogens is 342 g/mol. The van der Waals surface area contributed by atoms with Gasteiger partial charge in [-0.25, -0.2) is 0 Å². The summed E-state index contributed by atoms with van der Waals surface area (Å²) < 4.78 is 5.97. The summed E-state index contributed by atoms with van der Waals surface area (Å²) in [7, 11) is 0. The van der Waals surface area contributed by atoms with Gasteiger partial charge in [0, 0.05) is 44.5 Å². The Morgan fingerprint density at radius 3 is 2.52 bits per heavy atom. The summed E-state index contributed by atoms with van der Waals surface area (Å²) in [5.41, 5.74) is 1.30. The Balaban J connectivity index is 1.20. The predicted octanol–water partition coefficient (Wildman–Crippen LogP) is 1.39. The van der Waals surface area contributed by atoms with Gasteiger partial charge in [0.1, 0.15) is 0 Å². The van der Waals surface area contributed by atoms with E-state index in [-0.39, 0.29) is 12.0 Å². The zero-order valence-electron chi connectivity index (χ0n) is 15.9. The second-order valence-electron chi connectivity index (χ2n) is 8.06. The number of nitrogens with zero attached hydrogens (tertiary/aromatic N) is 2. The van der Waals surface area contributed by atoms with Crippen molar-refractivity contribution in [2.45, 2.75) is 56.5 Å². The third kappa shape index (κ3) is 5.00. The number of piperazine rings is 1. The number of carbonyl (C=O) groups is 1. The number of anilines is 1. The summed E-state index contributed by atoms with van der Waals surface area (Å²) in [5.74, 6) is -0.133. The summed E-state index contributed by atoms with van der Waals surface area (Å²) >= 11 is 0. The van der Waals surface area contributed by atoms with Crippen LogP contribution in [-0.4, -0.2) is 73.0 Å². The molecule has 1 aromatic rings. The largest absolute Gasteiger partial charge is 0.390 e. The van der Waals surface area contributed by atoms with E-state index >= 15 is 0 Å². The highest BCUT2D eigenvalue weighted by Gasteiger charge is 2.37. The van der Waals surface area contributed by atoms with Crippen molar-refractivity contribution in [3.63, 3.8) is 0 Å². The smallest absolute Gasteiger partial charge is 0.252 e. The third-order valence-electron chi connectivity index (χ3n) is 5.92. The minimum Gasteiger partial charge on any atom is -0.390 e. The van der Waals surface area contributed by atoms with Crippen LogP contribution in [0.15, 0.2) is 30.3 Å². The number of hydrogen-bond acceptors (Lipinski definition) is 5. The van der Waals surface area contributed by atoms with Crippen molar-refractivity contribution < 1.29 is 14.6 Å². The molecule has 2 heterocycles. The van der Waals surface area contributed by atoms with Gasteiger partial charge < -0.3 is 20.1 Å². The lowest BCUT2D eigenvalue weighted by Gasteiger charge is -2.38. The molecule has 2 saturated heterocycles. The number of carbonyl (C=O) groups excluding carboxylic acids is 1. The molecule has 3 aliphatic rings. The normalized spacial score (nSPS) is 29.5. The standard InChI is InChI=1S/C21H31N3O3/c25-19-9-8-18(27-20(19)21(26)22-16-6-7-16)10-11-23-12-14-24(15-13-23)17-4-2-1-3-5-17/h1-5,16,18-20,25H,6-15H2,(H,22,26). The molecule has 1 saturated carbocycles. The molecular formula is C21H31N3O3. The summed E-state index contributed by atoms with van der Waals surface area (Å²) in [5, 5.41) is 13.1. The first-order valence-electron chi connectivity index (χ1n) is 10.4. The number of nitrogens with one attached hydrogen (secondary N) is 1. The van der Waals surface area contributed by atoms with Crippen molar-refractivity contribution in [1.82, 2.24) is 10.2 Å². The quantitative estimate of drug-likeness (QED) is 0.789. The molecule has 3 unspecified atom stereocenters. The van der Waals surface area contributed by atoms with Crippen molar-refractivity contribution >= 4 is 11.6 Å². The van der Waals surface area contributed by atoms with Gasteiger partial charge in [0.25, 0.3) is 5.91 Å². The molecule has 1 amide bonds. The Kier molecular flexibility index (Phi) is 5.95. The van der Waals surface area contributed by atoms with Crippen LogP contribution in [0.2, 0.25) is 0 Å². The maximum absolute atomic E-state index is 12.3. The van der Waals surface area contributed by atoms with Crippen molar-refractivity contribution in [3.8, 4) is 0 Å². The summed E-state index contributed by atoms with van der Waals surface area (Å²) in [6, 6.07) is 10.9. The van der Waals surface area contributed by atoms with Gasteiger partial charge in [-0.05, 0) is 44.2 Å². The van der Waals surface area contributed by atoms with Gasteiger partial charge in [-0.3, -0.25) is 9.69 Å². The van der Waals surface area contributed by atoms with Crippen LogP contribution in [0.5, 0.6) is 0 Å². The summed E-state index contributed by atoms with van der Waals surface area (Å²) in [6.07, 6.45) is 3.20. The fourth-order valence-electron chi connectivity index (χ4n) is 4.03. The van der Waals surface area contributed by atoms with Crippen LogP contribution in [0.25, 0.3) is 0 Å². The maximum Gasteiger partial charge on any atom is 0.252 e. The third-order valence-corrected chi connectivity index (χ3v) is 5.92. The number of hydrogen-bond donors (Lipinski definition) is 2. The molecule has 0 radical (unpaired) electrons. The van der Waals surface area contributed by atoms with Gasteiger partial charge in [0.05, 0.1) is 12.2 Å². The van der Waals surface area contributed by atoms with Crippen LogP contribution in [0.1, 0.15) is 32.1 Å². The van der Waals surface area contributed by atoms with Crippen molar-refractivity contribution in [2.75, 3.05) is 37.6 Å². The van der Waals surface area contributed by atoms with E-state index in [4.69, 9.17) is 4.74 Å². The van der Waals surface area contributed by atoms with Gasteiger partial charge in [-0.15, -0.1) is 0 Å². The highest BCUT2D eigenvalue weighted by Crippen LogP contribution is 2.25. The zero-order valence-corrected chi connectivity index (χ0v) is 15.9. The average Bonchev–Trinajstić information content (AvgIpc) is 3.52. The first-order valence-corrected chi connectivity index (χ1v) is 10.4. The number of para-hydroxylation sites is 1. The Labute approximate surface area is 161 Å². The van der Waals surface area contributed by atoms with E-state index in [9.17, 15) is 9.90 Å². The SMILES string of the molecule is O=C(NC1CC1)C1OC(CCN2CCN(c3ccccc3)CC2)CCC1O. The molecule has 6 nitrogen and oxygen atoms in total. The lowest BCUT2D eigenvalue weighted by molar-refractivity contribution is -0.158. The van der Waals surface area contributed by atoms with Crippen LogP contribution >= 0.6 is 0 Å². The second kappa shape index (κ2) is 8.59. The molecule has 1 aliphatic carbocycles. The Bertz CT molecular complexity index is 614. The van der Waals surface area contributed by atoms with Gasteiger partial charge in [0.2, 0.25) is 0 Å². The van der Waals surface area contributed by atoms with Crippen molar-refractivity contribution in [3.05, 3.63) is 30.3 Å². The fourth-order valence-corrected chi connectivity index (χ4v) is 4.03. The maximum atomic E-state index is 12.3. The molecule has 0 aromatic heterocycles. The highest BCUT2D eigenvalue weighted by molar-refractivity contribution is 5.82. The van der Waals surface area contributed by atoms with Crippen molar-refractivity contribution in [1.29, 1.82) is 0 Å². The molecule has 0 bridgehead atoms. The minimum atomic E-state index is -0.695. The number of amides is 1. The molecule has 4 rings (SSSR count). The van der Waals surface area contributed by atoms with Gasteiger partial charge in [0.15, 0.2) is 6.10 Å². The van der Waals surface area contributed by atoms with Crippen LogP contribution in [0.4, 0.5) is 5.69 Å². The van der Waals surface area contributed by atoms with E-state index in [1.807, 2.05) is 0 Å². The molecule has 3 atom stereocenters. The van der Waals surface area contributed by atoms with E-state index in [0.29, 0.717) is 12.5 Å². The number of rotatable bonds is 6. The first kappa shape index (κ1) is 18.7. The molecule has 27 heavy (non-hydrogen) atoms. The topological polar surface area (TPSA) is 65.0 Å². The van der Waals surface area contributed by atoms with E-state index in [1.165, 1.54) is 5.69 Å². The lowest BCUT2D eigenvalue weighted by atomic mass is 9.98. The summed E-state index contributed by atoms with van der Waals surface area (Å²) in [4.78, 5) is 17.2. The van der Waals surface area contributed by atoms with E-state index in [0.717, 1.165) is 58.4 Å². The molecule has 1 aromatic carbocycles. The number of ether oxygens (including phenoxy) is 1. The molecule has 3 fully saturated rings. The second-order valence-corrected chi connectivity index (χ2v) is 8.06. The summed E-state index contributed by atoms with van der Waals surface area (Å²) in [6.45, 7) is 5.17. The number of benzene rings is 1. The molecule has 0 spiro atoms.